The summed E-state index contributed by atoms with van der Waals surface area (Å²) in [6.07, 6.45) is 7.05. The molecule has 1 atom stereocenters. The summed E-state index contributed by atoms with van der Waals surface area (Å²) in [5.74, 6) is -0.161. The maximum Gasteiger partial charge on any atom is 0.255 e. The minimum atomic E-state index is -0.898. The predicted octanol–water partition coefficient (Wildman–Crippen LogP) is 1.94. The highest BCUT2D eigenvalue weighted by molar-refractivity contribution is 6.05. The molecule has 2 saturated heterocycles. The van der Waals surface area contributed by atoms with Crippen LogP contribution >= 0.6 is 0 Å². The third-order valence-corrected chi connectivity index (χ3v) is 8.39. The smallest absolute Gasteiger partial charge is 0.255 e. The first-order chi connectivity index (χ1) is 16.4. The van der Waals surface area contributed by atoms with E-state index >= 15 is 0 Å². The largest absolute Gasteiger partial charge is 0.385 e. The van der Waals surface area contributed by atoms with Crippen LogP contribution in [0.5, 0.6) is 0 Å². The maximum absolute atomic E-state index is 12.9. The Morgan fingerprint density at radius 1 is 1.09 bits per heavy atom. The van der Waals surface area contributed by atoms with Gasteiger partial charge in [-0.3, -0.25) is 19.7 Å². The molecule has 2 N–H and O–H groups in total. The number of aliphatic hydroxyl groups is 1. The number of amides is 3. The van der Waals surface area contributed by atoms with Crippen LogP contribution in [0.15, 0.2) is 18.2 Å². The maximum atomic E-state index is 12.9. The van der Waals surface area contributed by atoms with Crippen molar-refractivity contribution >= 4 is 17.7 Å². The second kappa shape index (κ2) is 9.40. The van der Waals surface area contributed by atoms with E-state index in [-0.39, 0.29) is 18.2 Å². The fraction of sp³-hybridized carbons (Fsp3) is 0.654. The Labute approximate surface area is 200 Å². The van der Waals surface area contributed by atoms with Crippen LogP contribution in [0.3, 0.4) is 0 Å². The van der Waals surface area contributed by atoms with Gasteiger partial charge in [-0.05, 0) is 68.1 Å². The molecule has 184 valence electrons. The van der Waals surface area contributed by atoms with E-state index in [1.165, 1.54) is 12.8 Å². The third-order valence-electron chi connectivity index (χ3n) is 8.39. The molecule has 0 radical (unpaired) electrons. The quantitative estimate of drug-likeness (QED) is 0.640. The normalized spacial score (nSPS) is 29.8. The van der Waals surface area contributed by atoms with E-state index in [1.807, 2.05) is 12.1 Å². The number of fused-ring (bicyclic) bond motifs is 1. The van der Waals surface area contributed by atoms with Gasteiger partial charge in [-0.1, -0.05) is 12.1 Å². The van der Waals surface area contributed by atoms with E-state index < -0.39 is 17.6 Å². The van der Waals surface area contributed by atoms with Gasteiger partial charge < -0.3 is 19.6 Å². The summed E-state index contributed by atoms with van der Waals surface area (Å²) in [5.41, 5.74) is 1.38. The molecule has 3 fully saturated rings. The molecule has 1 aromatic carbocycles. The number of ether oxygens (including phenoxy) is 1. The molecule has 8 nitrogen and oxygen atoms in total. The van der Waals surface area contributed by atoms with Crippen LogP contribution in [0.1, 0.15) is 72.9 Å². The van der Waals surface area contributed by atoms with E-state index in [1.54, 1.807) is 18.1 Å². The lowest BCUT2D eigenvalue weighted by atomic mass is 9.82. The summed E-state index contributed by atoms with van der Waals surface area (Å²) >= 11 is 0. The van der Waals surface area contributed by atoms with Crippen LogP contribution < -0.4 is 5.32 Å². The first kappa shape index (κ1) is 23.5. The molecule has 3 amide bonds. The number of benzene rings is 1. The summed E-state index contributed by atoms with van der Waals surface area (Å²) in [5, 5.41) is 13.8. The summed E-state index contributed by atoms with van der Waals surface area (Å²) in [6.45, 7) is 3.14. The zero-order valence-electron chi connectivity index (χ0n) is 19.9. The number of carbonyl (C=O) groups excluding carboxylic acids is 3. The molecule has 0 bridgehead atoms. The monoisotopic (exact) mass is 469 g/mol. The van der Waals surface area contributed by atoms with Crippen LogP contribution in [0, 0.1) is 5.92 Å². The van der Waals surface area contributed by atoms with Crippen molar-refractivity contribution in [2.24, 2.45) is 5.92 Å². The molecule has 34 heavy (non-hydrogen) atoms. The molecule has 0 aromatic heterocycles. The topological polar surface area (TPSA) is 99.2 Å². The van der Waals surface area contributed by atoms with E-state index in [9.17, 15) is 19.5 Å². The predicted molar refractivity (Wildman–Crippen MR) is 125 cm³/mol. The fourth-order valence-corrected chi connectivity index (χ4v) is 6.17. The van der Waals surface area contributed by atoms with Crippen LogP contribution in [0.4, 0.5) is 0 Å². The number of piperidine rings is 2. The standard InChI is InChI=1S/C26H35N3O5/c1-34-20-5-2-17(3-6-20)15-28-12-10-26(33,11-13-28)19-4-7-21-18(14-19)16-29(25(21)32)22-8-9-23(30)27-24(22)31/h4,7,14,17,20,22,33H,2-3,5-6,8-13,15-16H2,1H3,(H,27,30,31)/t17-,20-,22?. The number of nitrogens with zero attached hydrogens (tertiary/aromatic N) is 2. The molecule has 5 rings (SSSR count). The van der Waals surface area contributed by atoms with Crippen LogP contribution in [-0.2, 0) is 26.5 Å². The Morgan fingerprint density at radius 2 is 1.82 bits per heavy atom. The molecule has 1 saturated carbocycles. The Balaban J connectivity index is 1.21. The Morgan fingerprint density at radius 3 is 2.50 bits per heavy atom. The van der Waals surface area contributed by atoms with E-state index in [0.717, 1.165) is 43.6 Å². The lowest BCUT2D eigenvalue weighted by Gasteiger charge is -2.40. The molecule has 4 aliphatic rings. The lowest BCUT2D eigenvalue weighted by Crippen LogP contribution is -2.52. The SMILES string of the molecule is CO[C@H]1CC[C@H](CN2CCC(O)(c3ccc4c(c3)CN(C3CCC(=O)NC3=O)C4=O)CC2)CC1. The van der Waals surface area contributed by atoms with E-state index in [4.69, 9.17) is 4.74 Å². The van der Waals surface area contributed by atoms with Crippen LogP contribution in [-0.4, -0.2) is 71.5 Å². The third kappa shape index (κ3) is 4.51. The Bertz CT molecular complexity index is 963. The Kier molecular flexibility index (Phi) is 6.48. The number of nitrogens with one attached hydrogen (secondary N) is 1. The molecule has 1 aromatic rings. The van der Waals surface area contributed by atoms with Gasteiger partial charge in [0.05, 0.1) is 11.7 Å². The van der Waals surface area contributed by atoms with Gasteiger partial charge in [0.25, 0.3) is 5.91 Å². The molecular formula is C26H35N3O5. The van der Waals surface area contributed by atoms with Crippen LogP contribution in [0.2, 0.25) is 0 Å². The zero-order valence-corrected chi connectivity index (χ0v) is 19.9. The summed E-state index contributed by atoms with van der Waals surface area (Å²) in [4.78, 5) is 40.7. The van der Waals surface area contributed by atoms with Crippen molar-refractivity contribution in [3.8, 4) is 0 Å². The Hall–Kier alpha value is -2.29. The molecule has 0 spiro atoms. The zero-order chi connectivity index (χ0) is 23.9. The number of likely N-dealkylation sites (tertiary alicyclic amines) is 1. The van der Waals surface area contributed by atoms with Gasteiger partial charge in [-0.25, -0.2) is 0 Å². The highest BCUT2D eigenvalue weighted by Crippen LogP contribution is 2.37. The number of rotatable bonds is 5. The van der Waals surface area contributed by atoms with Crippen molar-refractivity contribution < 1.29 is 24.2 Å². The molecule has 3 aliphatic heterocycles. The van der Waals surface area contributed by atoms with E-state index in [2.05, 4.69) is 10.2 Å². The van der Waals surface area contributed by atoms with Crippen molar-refractivity contribution in [1.82, 2.24) is 15.1 Å². The van der Waals surface area contributed by atoms with Gasteiger partial charge in [0, 0.05) is 45.3 Å². The first-order valence-electron chi connectivity index (χ1n) is 12.6. The molecular weight excluding hydrogens is 434 g/mol. The first-order valence-corrected chi connectivity index (χ1v) is 12.6. The second-order valence-electron chi connectivity index (χ2n) is 10.5. The molecule has 1 unspecified atom stereocenters. The summed E-state index contributed by atoms with van der Waals surface area (Å²) < 4.78 is 5.49. The van der Waals surface area contributed by atoms with Crippen molar-refractivity contribution in [2.45, 2.75) is 75.7 Å². The summed E-state index contributed by atoms with van der Waals surface area (Å²) in [6, 6.07) is 4.98. The minimum Gasteiger partial charge on any atom is -0.385 e. The van der Waals surface area contributed by atoms with Gasteiger partial charge in [0.15, 0.2) is 0 Å². The van der Waals surface area contributed by atoms with E-state index in [0.29, 0.717) is 43.4 Å². The highest BCUT2D eigenvalue weighted by Gasteiger charge is 2.41. The number of hydrogen-bond acceptors (Lipinski definition) is 6. The lowest BCUT2D eigenvalue weighted by molar-refractivity contribution is -0.136. The number of imide groups is 1. The van der Waals surface area contributed by atoms with Gasteiger partial charge in [-0.15, -0.1) is 0 Å². The van der Waals surface area contributed by atoms with Crippen molar-refractivity contribution in [1.29, 1.82) is 0 Å². The molecule has 8 heteroatoms. The van der Waals surface area contributed by atoms with Crippen molar-refractivity contribution in [3.63, 3.8) is 0 Å². The average Bonchev–Trinajstić information content (AvgIpc) is 3.17. The van der Waals surface area contributed by atoms with Gasteiger partial charge in [0.1, 0.15) is 6.04 Å². The van der Waals surface area contributed by atoms with Crippen molar-refractivity contribution in [2.75, 3.05) is 26.7 Å². The van der Waals surface area contributed by atoms with Crippen molar-refractivity contribution in [3.05, 3.63) is 34.9 Å². The number of carbonyl (C=O) groups is 3. The van der Waals surface area contributed by atoms with Crippen LogP contribution in [0.25, 0.3) is 0 Å². The van der Waals surface area contributed by atoms with Gasteiger partial charge in [-0.2, -0.15) is 0 Å². The minimum absolute atomic E-state index is 0.180. The van der Waals surface area contributed by atoms with Gasteiger partial charge >= 0.3 is 0 Å². The van der Waals surface area contributed by atoms with Gasteiger partial charge in [0.2, 0.25) is 11.8 Å². The second-order valence-corrected chi connectivity index (χ2v) is 10.5. The summed E-state index contributed by atoms with van der Waals surface area (Å²) in [7, 11) is 1.80. The number of hydrogen-bond donors (Lipinski definition) is 2. The molecule has 3 heterocycles. The highest BCUT2D eigenvalue weighted by atomic mass is 16.5. The fourth-order valence-electron chi connectivity index (χ4n) is 6.17. The number of methoxy groups -OCH3 is 1. The molecule has 1 aliphatic carbocycles. The average molecular weight is 470 g/mol.